The number of ether oxygens (including phenoxy) is 2. The standard InChI is InChI=1S/C24H30N2O5/c1-24(2,3)31-23(29)26-20(19-12-8-5-9-13-19)16-21(27)25-15-14-22(28)30-17-18-10-6-4-7-11-18/h4-13,20H,14-17H2,1-3H3,(H,25,27)(H,26,29). The molecule has 0 aliphatic heterocycles. The van der Waals surface area contributed by atoms with Crippen molar-refractivity contribution in [2.75, 3.05) is 6.54 Å². The zero-order valence-electron chi connectivity index (χ0n) is 18.2. The maximum absolute atomic E-state index is 12.4. The zero-order valence-corrected chi connectivity index (χ0v) is 18.2. The van der Waals surface area contributed by atoms with E-state index in [1.807, 2.05) is 60.7 Å². The van der Waals surface area contributed by atoms with Gasteiger partial charge in [0.25, 0.3) is 0 Å². The minimum Gasteiger partial charge on any atom is -0.461 e. The Hall–Kier alpha value is -3.35. The molecule has 166 valence electrons. The van der Waals surface area contributed by atoms with Gasteiger partial charge >= 0.3 is 12.1 Å². The van der Waals surface area contributed by atoms with Crippen molar-refractivity contribution in [3.63, 3.8) is 0 Å². The van der Waals surface area contributed by atoms with Crippen molar-refractivity contribution in [1.82, 2.24) is 10.6 Å². The molecule has 0 aliphatic carbocycles. The normalized spacial score (nSPS) is 11.8. The van der Waals surface area contributed by atoms with Gasteiger partial charge in [0.2, 0.25) is 5.91 Å². The van der Waals surface area contributed by atoms with Crippen LogP contribution in [0.15, 0.2) is 60.7 Å². The van der Waals surface area contributed by atoms with Gasteiger partial charge in [-0.1, -0.05) is 60.7 Å². The zero-order chi connectivity index (χ0) is 22.7. The van der Waals surface area contributed by atoms with E-state index in [1.165, 1.54) is 0 Å². The second-order valence-corrected chi connectivity index (χ2v) is 8.06. The highest BCUT2D eigenvalue weighted by molar-refractivity contribution is 5.79. The molecular formula is C24H30N2O5. The topological polar surface area (TPSA) is 93.7 Å². The lowest BCUT2D eigenvalue weighted by molar-refractivity contribution is -0.144. The Labute approximate surface area is 183 Å². The Kier molecular flexibility index (Phi) is 9.06. The highest BCUT2D eigenvalue weighted by atomic mass is 16.6. The van der Waals surface area contributed by atoms with Gasteiger partial charge in [-0.15, -0.1) is 0 Å². The molecule has 31 heavy (non-hydrogen) atoms. The van der Waals surface area contributed by atoms with E-state index in [0.717, 1.165) is 11.1 Å². The maximum Gasteiger partial charge on any atom is 0.408 e. The highest BCUT2D eigenvalue weighted by Gasteiger charge is 2.22. The van der Waals surface area contributed by atoms with Crippen molar-refractivity contribution in [2.45, 2.75) is 51.9 Å². The predicted octanol–water partition coefficient (Wildman–Crippen LogP) is 3.89. The molecule has 0 bridgehead atoms. The fourth-order valence-corrected chi connectivity index (χ4v) is 2.76. The number of hydrogen-bond acceptors (Lipinski definition) is 5. The fraction of sp³-hybridized carbons (Fsp3) is 0.375. The van der Waals surface area contributed by atoms with Crippen LogP contribution in [0.2, 0.25) is 0 Å². The minimum atomic E-state index is -0.645. The van der Waals surface area contributed by atoms with E-state index in [4.69, 9.17) is 9.47 Å². The van der Waals surface area contributed by atoms with E-state index >= 15 is 0 Å². The average molecular weight is 427 g/mol. The third-order valence-electron chi connectivity index (χ3n) is 4.18. The first kappa shape index (κ1) is 23.9. The molecule has 0 aliphatic rings. The molecule has 0 fully saturated rings. The number of esters is 1. The number of alkyl carbamates (subject to hydrolysis) is 1. The number of rotatable bonds is 9. The molecule has 2 amide bonds. The van der Waals surface area contributed by atoms with E-state index in [9.17, 15) is 14.4 Å². The molecule has 2 aromatic rings. The van der Waals surface area contributed by atoms with Crippen LogP contribution in [0.4, 0.5) is 4.79 Å². The van der Waals surface area contributed by atoms with Crippen molar-refractivity contribution in [3.8, 4) is 0 Å². The monoisotopic (exact) mass is 426 g/mol. The van der Waals surface area contributed by atoms with Crippen LogP contribution in [-0.4, -0.2) is 30.1 Å². The smallest absolute Gasteiger partial charge is 0.408 e. The predicted molar refractivity (Wildman–Crippen MR) is 117 cm³/mol. The van der Waals surface area contributed by atoms with Gasteiger partial charge in [0, 0.05) is 6.54 Å². The van der Waals surface area contributed by atoms with Crippen LogP contribution in [0.1, 0.15) is 50.8 Å². The number of nitrogens with one attached hydrogen (secondary N) is 2. The number of amides is 2. The Balaban J connectivity index is 1.81. The Bertz CT molecular complexity index is 847. The molecule has 2 rings (SSSR count). The van der Waals surface area contributed by atoms with Crippen LogP contribution in [0.5, 0.6) is 0 Å². The SMILES string of the molecule is CC(C)(C)OC(=O)NC(CC(=O)NCCC(=O)OCc1ccccc1)c1ccccc1. The molecular weight excluding hydrogens is 396 g/mol. The minimum absolute atomic E-state index is 0.0162. The molecule has 1 atom stereocenters. The molecule has 0 saturated heterocycles. The first-order chi connectivity index (χ1) is 14.7. The summed E-state index contributed by atoms with van der Waals surface area (Å²) in [5.41, 5.74) is 1.04. The highest BCUT2D eigenvalue weighted by Crippen LogP contribution is 2.18. The number of benzene rings is 2. The first-order valence-electron chi connectivity index (χ1n) is 10.2. The molecule has 0 spiro atoms. The lowest BCUT2D eigenvalue weighted by Crippen LogP contribution is -2.37. The van der Waals surface area contributed by atoms with Crippen LogP contribution < -0.4 is 10.6 Å². The van der Waals surface area contributed by atoms with E-state index in [1.54, 1.807) is 20.8 Å². The molecule has 1 unspecified atom stereocenters. The summed E-state index contributed by atoms with van der Waals surface area (Å²) < 4.78 is 10.5. The van der Waals surface area contributed by atoms with Gasteiger partial charge in [-0.25, -0.2) is 4.79 Å². The average Bonchev–Trinajstić information content (AvgIpc) is 2.72. The van der Waals surface area contributed by atoms with Crippen molar-refractivity contribution >= 4 is 18.0 Å². The van der Waals surface area contributed by atoms with E-state index in [2.05, 4.69) is 10.6 Å². The Morgan fingerprint density at radius 3 is 2.16 bits per heavy atom. The van der Waals surface area contributed by atoms with E-state index < -0.39 is 23.7 Å². The summed E-state index contributed by atoms with van der Waals surface area (Å²) in [4.78, 5) is 36.5. The molecule has 2 N–H and O–H groups in total. The molecule has 0 aromatic heterocycles. The van der Waals surface area contributed by atoms with Gasteiger partial charge < -0.3 is 20.1 Å². The lowest BCUT2D eigenvalue weighted by atomic mass is 10.0. The molecule has 7 heteroatoms. The molecule has 0 saturated carbocycles. The summed E-state index contributed by atoms with van der Waals surface area (Å²) in [7, 11) is 0. The molecule has 7 nitrogen and oxygen atoms in total. The van der Waals surface area contributed by atoms with E-state index in [0.29, 0.717) is 0 Å². The third kappa shape index (κ3) is 9.80. The van der Waals surface area contributed by atoms with Crippen molar-refractivity contribution < 1.29 is 23.9 Å². The van der Waals surface area contributed by atoms with Crippen molar-refractivity contribution in [1.29, 1.82) is 0 Å². The summed E-state index contributed by atoms with van der Waals surface area (Å²) in [6.07, 6.45) is -0.519. The van der Waals surface area contributed by atoms with Gasteiger partial charge in [0.15, 0.2) is 0 Å². The van der Waals surface area contributed by atoms with Crippen molar-refractivity contribution in [3.05, 3.63) is 71.8 Å². The second kappa shape index (κ2) is 11.7. The number of hydrogen-bond donors (Lipinski definition) is 2. The quantitative estimate of drug-likeness (QED) is 0.593. The van der Waals surface area contributed by atoms with Crippen molar-refractivity contribution in [2.24, 2.45) is 0 Å². The summed E-state index contributed by atoms with van der Waals surface area (Å²) in [6.45, 7) is 5.67. The lowest BCUT2D eigenvalue weighted by Gasteiger charge is -2.23. The second-order valence-electron chi connectivity index (χ2n) is 8.06. The summed E-state index contributed by atoms with van der Waals surface area (Å²) in [6, 6.07) is 18.0. The van der Waals surface area contributed by atoms with Gasteiger partial charge in [-0.3, -0.25) is 9.59 Å². The Morgan fingerprint density at radius 1 is 0.935 bits per heavy atom. The van der Waals surface area contributed by atoms with E-state index in [-0.39, 0.29) is 31.9 Å². The maximum atomic E-state index is 12.4. The Morgan fingerprint density at radius 2 is 1.55 bits per heavy atom. The number of carbonyl (C=O) groups excluding carboxylic acids is 3. The summed E-state index contributed by atoms with van der Waals surface area (Å²) in [5.74, 6) is -0.684. The molecule has 2 aromatic carbocycles. The first-order valence-corrected chi connectivity index (χ1v) is 10.2. The van der Waals surface area contributed by atoms with Crippen LogP contribution in [0.3, 0.4) is 0 Å². The van der Waals surface area contributed by atoms with Gasteiger partial charge in [0.1, 0.15) is 12.2 Å². The van der Waals surface area contributed by atoms with Crippen LogP contribution in [0.25, 0.3) is 0 Å². The molecule has 0 radical (unpaired) electrons. The van der Waals surface area contributed by atoms with Gasteiger partial charge in [-0.05, 0) is 31.9 Å². The largest absolute Gasteiger partial charge is 0.461 e. The van der Waals surface area contributed by atoms with Crippen LogP contribution in [0, 0.1) is 0 Å². The van der Waals surface area contributed by atoms with Gasteiger partial charge in [0.05, 0.1) is 18.9 Å². The molecule has 0 heterocycles. The van der Waals surface area contributed by atoms with Crippen LogP contribution >= 0.6 is 0 Å². The third-order valence-corrected chi connectivity index (χ3v) is 4.18. The van der Waals surface area contributed by atoms with Crippen LogP contribution in [-0.2, 0) is 25.7 Å². The fourth-order valence-electron chi connectivity index (χ4n) is 2.76. The summed E-state index contributed by atoms with van der Waals surface area (Å²) >= 11 is 0. The van der Waals surface area contributed by atoms with Gasteiger partial charge in [-0.2, -0.15) is 0 Å². The summed E-state index contributed by atoms with van der Waals surface area (Å²) in [5, 5.41) is 5.45. The number of carbonyl (C=O) groups is 3.